The Morgan fingerprint density at radius 3 is 2.47 bits per heavy atom. The van der Waals surface area contributed by atoms with Crippen LogP contribution in [-0.4, -0.2) is 0 Å². The van der Waals surface area contributed by atoms with Crippen molar-refractivity contribution in [2.45, 2.75) is 13.2 Å². The van der Waals surface area contributed by atoms with Crippen LogP contribution in [0.4, 0.5) is 8.78 Å². The van der Waals surface area contributed by atoms with Crippen LogP contribution in [0.15, 0.2) is 40.9 Å². The highest BCUT2D eigenvalue weighted by Gasteiger charge is 2.12. The monoisotopic (exact) mass is 327 g/mol. The van der Waals surface area contributed by atoms with Gasteiger partial charge in [0.05, 0.1) is 0 Å². The number of rotatable bonds is 4. The molecule has 0 spiro atoms. The Morgan fingerprint density at radius 2 is 1.79 bits per heavy atom. The lowest BCUT2D eigenvalue weighted by molar-refractivity contribution is 0.283. The van der Waals surface area contributed by atoms with Gasteiger partial charge in [0.15, 0.2) is 11.6 Å². The minimum absolute atomic E-state index is 0.126. The van der Waals surface area contributed by atoms with Crippen LogP contribution < -0.4 is 10.5 Å². The molecule has 0 radical (unpaired) electrons. The fraction of sp³-hybridized carbons (Fsp3) is 0.143. The van der Waals surface area contributed by atoms with Crippen LogP contribution >= 0.6 is 15.9 Å². The lowest BCUT2D eigenvalue weighted by Crippen LogP contribution is -2.05. The number of halogens is 3. The van der Waals surface area contributed by atoms with E-state index in [2.05, 4.69) is 15.9 Å². The highest BCUT2D eigenvalue weighted by atomic mass is 79.9. The normalized spacial score (nSPS) is 10.5. The Balaban J connectivity index is 2.19. The number of hydrogen-bond acceptors (Lipinski definition) is 2. The van der Waals surface area contributed by atoms with Gasteiger partial charge in [0.25, 0.3) is 0 Å². The summed E-state index contributed by atoms with van der Waals surface area (Å²) in [6, 6.07) is 9.87. The highest BCUT2D eigenvalue weighted by Crippen LogP contribution is 2.26. The van der Waals surface area contributed by atoms with Gasteiger partial charge in [0.1, 0.15) is 6.61 Å². The Morgan fingerprint density at radius 1 is 1.11 bits per heavy atom. The summed E-state index contributed by atoms with van der Waals surface area (Å²) < 4.78 is 32.5. The van der Waals surface area contributed by atoms with Crippen LogP contribution in [-0.2, 0) is 13.2 Å². The molecule has 2 nitrogen and oxygen atoms in total. The maximum Gasteiger partial charge on any atom is 0.200 e. The van der Waals surface area contributed by atoms with Crippen molar-refractivity contribution in [3.63, 3.8) is 0 Å². The van der Waals surface area contributed by atoms with Gasteiger partial charge in [-0.25, -0.2) is 4.39 Å². The molecule has 0 unspecified atom stereocenters. The Hall–Kier alpha value is -1.46. The van der Waals surface area contributed by atoms with Crippen molar-refractivity contribution in [3.05, 3.63) is 63.6 Å². The molecular formula is C14H12BrF2NO. The Labute approximate surface area is 118 Å². The molecule has 2 aromatic rings. The van der Waals surface area contributed by atoms with E-state index in [4.69, 9.17) is 10.5 Å². The molecule has 2 rings (SSSR count). The van der Waals surface area contributed by atoms with Crippen LogP contribution in [0.2, 0.25) is 0 Å². The molecule has 0 amide bonds. The van der Waals surface area contributed by atoms with E-state index < -0.39 is 11.6 Å². The van der Waals surface area contributed by atoms with Crippen molar-refractivity contribution < 1.29 is 13.5 Å². The molecule has 0 aliphatic carbocycles. The first-order valence-corrected chi connectivity index (χ1v) is 6.45. The molecule has 0 heterocycles. The van der Waals surface area contributed by atoms with Crippen molar-refractivity contribution in [1.82, 2.24) is 0 Å². The molecule has 2 aromatic carbocycles. The lowest BCUT2D eigenvalue weighted by atomic mass is 10.1. The standard InChI is InChI=1S/C14H12BrF2NO/c15-11-5-12(16)14(17)13(6-11)19-8-10-4-2-1-3-9(10)7-18/h1-6H,7-8,18H2. The number of ether oxygens (including phenoxy) is 1. The maximum absolute atomic E-state index is 13.5. The van der Waals surface area contributed by atoms with E-state index >= 15 is 0 Å². The third-order valence-corrected chi connectivity index (χ3v) is 3.14. The SMILES string of the molecule is NCc1ccccc1COc1cc(Br)cc(F)c1F. The van der Waals surface area contributed by atoms with Gasteiger partial charge in [-0.3, -0.25) is 0 Å². The minimum atomic E-state index is -0.992. The van der Waals surface area contributed by atoms with Gasteiger partial charge in [-0.2, -0.15) is 4.39 Å². The third-order valence-electron chi connectivity index (χ3n) is 2.68. The van der Waals surface area contributed by atoms with Crippen LogP contribution in [0.1, 0.15) is 11.1 Å². The van der Waals surface area contributed by atoms with Crippen molar-refractivity contribution in [2.75, 3.05) is 0 Å². The molecule has 0 saturated carbocycles. The molecule has 0 aliphatic rings. The highest BCUT2D eigenvalue weighted by molar-refractivity contribution is 9.10. The van der Waals surface area contributed by atoms with Crippen molar-refractivity contribution >= 4 is 15.9 Å². The van der Waals surface area contributed by atoms with Gasteiger partial charge in [0.2, 0.25) is 5.82 Å². The van der Waals surface area contributed by atoms with E-state index in [1.165, 1.54) is 6.07 Å². The number of benzene rings is 2. The molecule has 0 saturated heterocycles. The maximum atomic E-state index is 13.5. The van der Waals surface area contributed by atoms with Gasteiger partial charge >= 0.3 is 0 Å². The molecule has 0 fully saturated rings. The topological polar surface area (TPSA) is 35.2 Å². The molecule has 5 heteroatoms. The summed E-state index contributed by atoms with van der Waals surface area (Å²) in [7, 11) is 0. The molecule has 19 heavy (non-hydrogen) atoms. The fourth-order valence-electron chi connectivity index (χ4n) is 1.69. The predicted octanol–water partition coefficient (Wildman–Crippen LogP) is 3.77. The van der Waals surface area contributed by atoms with Crippen LogP contribution in [0.25, 0.3) is 0 Å². The van der Waals surface area contributed by atoms with Gasteiger partial charge in [-0.15, -0.1) is 0 Å². The smallest absolute Gasteiger partial charge is 0.200 e. The molecule has 2 N–H and O–H groups in total. The summed E-state index contributed by atoms with van der Waals surface area (Å²) in [6.45, 7) is 0.509. The second-order valence-electron chi connectivity index (χ2n) is 3.96. The van der Waals surface area contributed by atoms with Crippen LogP contribution in [0.3, 0.4) is 0 Å². The van der Waals surface area contributed by atoms with Gasteiger partial charge < -0.3 is 10.5 Å². The summed E-state index contributed by atoms with van der Waals surface area (Å²) >= 11 is 3.09. The van der Waals surface area contributed by atoms with Crippen molar-refractivity contribution in [2.24, 2.45) is 5.73 Å². The first kappa shape index (κ1) is 14.0. The number of hydrogen-bond donors (Lipinski definition) is 1. The summed E-state index contributed by atoms with van der Waals surface area (Å²) in [6.07, 6.45) is 0. The molecule has 100 valence electrons. The Bertz CT molecular complexity index is 590. The molecule has 0 aliphatic heterocycles. The van der Waals surface area contributed by atoms with E-state index in [-0.39, 0.29) is 12.4 Å². The average molecular weight is 328 g/mol. The summed E-state index contributed by atoms with van der Waals surface area (Å²) in [5.41, 5.74) is 7.37. The fourth-order valence-corrected chi connectivity index (χ4v) is 2.10. The second kappa shape index (κ2) is 6.12. The van der Waals surface area contributed by atoms with Gasteiger partial charge in [0, 0.05) is 11.0 Å². The molecular weight excluding hydrogens is 316 g/mol. The van der Waals surface area contributed by atoms with Crippen LogP contribution in [0, 0.1) is 11.6 Å². The summed E-state index contributed by atoms with van der Waals surface area (Å²) in [5, 5.41) is 0. The zero-order valence-electron chi connectivity index (χ0n) is 10.00. The third kappa shape index (κ3) is 3.30. The van der Waals surface area contributed by atoms with Gasteiger partial charge in [-0.1, -0.05) is 40.2 Å². The minimum Gasteiger partial charge on any atom is -0.486 e. The molecule has 0 atom stereocenters. The number of nitrogens with two attached hydrogens (primary N) is 1. The quantitative estimate of drug-likeness (QED) is 0.868. The van der Waals surface area contributed by atoms with Crippen LogP contribution in [0.5, 0.6) is 5.75 Å². The summed E-state index contributed by atoms with van der Waals surface area (Å²) in [4.78, 5) is 0. The van der Waals surface area contributed by atoms with E-state index in [0.717, 1.165) is 17.2 Å². The largest absolute Gasteiger partial charge is 0.486 e. The second-order valence-corrected chi connectivity index (χ2v) is 4.88. The van der Waals surface area contributed by atoms with Crippen molar-refractivity contribution in [3.8, 4) is 5.75 Å². The first-order chi connectivity index (χ1) is 9.11. The molecule has 0 bridgehead atoms. The van der Waals surface area contributed by atoms with E-state index in [0.29, 0.717) is 11.0 Å². The lowest BCUT2D eigenvalue weighted by Gasteiger charge is -2.11. The predicted molar refractivity (Wildman–Crippen MR) is 72.7 cm³/mol. The summed E-state index contributed by atoms with van der Waals surface area (Å²) in [5.74, 6) is -2.07. The first-order valence-electron chi connectivity index (χ1n) is 5.66. The van der Waals surface area contributed by atoms with Gasteiger partial charge in [-0.05, 0) is 23.3 Å². The molecule has 0 aromatic heterocycles. The van der Waals surface area contributed by atoms with E-state index in [1.807, 2.05) is 24.3 Å². The Kier molecular flexibility index (Phi) is 4.50. The van der Waals surface area contributed by atoms with E-state index in [9.17, 15) is 8.78 Å². The average Bonchev–Trinajstić information content (AvgIpc) is 2.41. The zero-order valence-corrected chi connectivity index (χ0v) is 11.6. The van der Waals surface area contributed by atoms with Crippen molar-refractivity contribution in [1.29, 1.82) is 0 Å². The van der Waals surface area contributed by atoms with E-state index in [1.54, 1.807) is 0 Å². The zero-order chi connectivity index (χ0) is 13.8.